The smallest absolute Gasteiger partial charge is 0.288 e. The molecular formula is C24H20N4O2S. The Morgan fingerprint density at radius 2 is 1.68 bits per heavy atom. The van der Waals surface area contributed by atoms with Gasteiger partial charge in [0.25, 0.3) is 5.91 Å². The van der Waals surface area contributed by atoms with Gasteiger partial charge in [0.2, 0.25) is 0 Å². The topological polar surface area (TPSA) is 75.3 Å². The number of rotatable bonds is 5. The largest absolute Gasteiger partial charge is 0.489 e. The second kappa shape index (κ2) is 9.69. The third-order valence-electron chi connectivity index (χ3n) is 4.46. The highest BCUT2D eigenvalue weighted by Gasteiger charge is 2.08. The second-order valence-corrected chi connectivity index (χ2v) is 7.13. The first-order valence-corrected chi connectivity index (χ1v) is 10.1. The minimum absolute atomic E-state index is 0.245. The molecule has 1 aromatic heterocycles. The Hall–Kier alpha value is -3.97. The van der Waals surface area contributed by atoms with Crippen molar-refractivity contribution in [2.75, 3.05) is 5.32 Å². The van der Waals surface area contributed by atoms with Crippen molar-refractivity contribution < 1.29 is 9.53 Å². The number of anilines is 1. The number of amides is 1. The van der Waals surface area contributed by atoms with Crippen LogP contribution in [0.5, 0.6) is 5.75 Å². The van der Waals surface area contributed by atoms with Crippen LogP contribution in [-0.2, 0) is 6.61 Å². The molecule has 154 valence electrons. The lowest BCUT2D eigenvalue weighted by molar-refractivity contribution is 0.0939. The van der Waals surface area contributed by atoms with Gasteiger partial charge in [-0.2, -0.15) is 0 Å². The average molecular weight is 429 g/mol. The van der Waals surface area contributed by atoms with E-state index in [2.05, 4.69) is 21.2 Å². The number of carbonyl (C=O) groups excluding carboxylic acids is 1. The number of aromatic nitrogens is 1. The fourth-order valence-electron chi connectivity index (χ4n) is 2.94. The van der Waals surface area contributed by atoms with Gasteiger partial charge in [-0.3, -0.25) is 15.6 Å². The Morgan fingerprint density at radius 3 is 2.55 bits per heavy atom. The van der Waals surface area contributed by atoms with Gasteiger partial charge in [-0.25, -0.2) is 4.98 Å². The summed E-state index contributed by atoms with van der Waals surface area (Å²) in [6.07, 6.45) is 0. The van der Waals surface area contributed by atoms with Gasteiger partial charge in [0.1, 0.15) is 18.1 Å². The van der Waals surface area contributed by atoms with E-state index in [1.54, 1.807) is 6.07 Å². The Bertz CT molecular complexity index is 1210. The molecule has 0 aliphatic rings. The normalized spacial score (nSPS) is 10.3. The number of nitrogens with zero attached hydrogens (tertiary/aromatic N) is 1. The zero-order valence-corrected chi connectivity index (χ0v) is 17.4. The van der Waals surface area contributed by atoms with E-state index in [-0.39, 0.29) is 11.0 Å². The van der Waals surface area contributed by atoms with Gasteiger partial charge >= 0.3 is 0 Å². The van der Waals surface area contributed by atoms with E-state index in [0.29, 0.717) is 18.1 Å². The van der Waals surface area contributed by atoms with Crippen LogP contribution in [0.2, 0.25) is 0 Å². The number of para-hydroxylation sites is 1. The number of benzene rings is 3. The molecule has 1 heterocycles. The molecular weight excluding hydrogens is 408 g/mol. The van der Waals surface area contributed by atoms with E-state index in [4.69, 9.17) is 17.0 Å². The molecule has 4 aromatic rings. The first-order chi connectivity index (χ1) is 15.2. The molecule has 0 saturated carbocycles. The summed E-state index contributed by atoms with van der Waals surface area (Å²) in [4.78, 5) is 16.7. The lowest BCUT2D eigenvalue weighted by Crippen LogP contribution is -2.44. The summed E-state index contributed by atoms with van der Waals surface area (Å²) in [5.41, 5.74) is 8.13. The number of nitrogens with one attached hydrogen (secondary N) is 3. The SMILES string of the molecule is O=C(NNC(=S)Nc1cccc(OCc2ccccc2)c1)c1ccc2ccccc2n1. The summed E-state index contributed by atoms with van der Waals surface area (Å²) < 4.78 is 5.82. The van der Waals surface area contributed by atoms with E-state index in [9.17, 15) is 4.79 Å². The number of pyridine rings is 1. The van der Waals surface area contributed by atoms with Gasteiger partial charge in [0.05, 0.1) is 5.52 Å². The summed E-state index contributed by atoms with van der Waals surface area (Å²) in [5.74, 6) is 0.330. The van der Waals surface area contributed by atoms with Crippen molar-refractivity contribution >= 4 is 39.8 Å². The van der Waals surface area contributed by atoms with Crippen molar-refractivity contribution in [2.24, 2.45) is 0 Å². The fourth-order valence-corrected chi connectivity index (χ4v) is 3.11. The molecule has 0 bridgehead atoms. The molecule has 0 radical (unpaired) electrons. The number of thiocarbonyl (C=S) groups is 1. The molecule has 1 amide bonds. The van der Waals surface area contributed by atoms with Crippen molar-refractivity contribution in [3.05, 3.63) is 102 Å². The van der Waals surface area contributed by atoms with Gasteiger partial charge < -0.3 is 10.1 Å². The predicted molar refractivity (Wildman–Crippen MR) is 126 cm³/mol. The van der Waals surface area contributed by atoms with E-state index in [1.165, 1.54) is 0 Å². The minimum atomic E-state index is -0.380. The molecule has 3 aromatic carbocycles. The number of hydrogen-bond donors (Lipinski definition) is 3. The third kappa shape index (κ3) is 5.55. The van der Waals surface area contributed by atoms with Gasteiger partial charge in [-0.15, -0.1) is 0 Å². The summed E-state index contributed by atoms with van der Waals surface area (Å²) in [6.45, 7) is 0.474. The standard InChI is InChI=1S/C24H20N4O2S/c29-23(22-14-13-18-9-4-5-12-21(18)26-22)27-28-24(31)25-19-10-6-11-20(15-19)30-16-17-7-2-1-3-8-17/h1-15H,16H2,(H,27,29)(H2,25,28,31). The lowest BCUT2D eigenvalue weighted by Gasteiger charge is -2.13. The number of carbonyl (C=O) groups is 1. The maximum atomic E-state index is 12.4. The van der Waals surface area contributed by atoms with Crippen LogP contribution in [0.15, 0.2) is 91.0 Å². The molecule has 0 unspecified atom stereocenters. The molecule has 0 aliphatic heterocycles. The zero-order chi connectivity index (χ0) is 21.5. The Labute approximate surface area is 185 Å². The molecule has 0 aliphatic carbocycles. The van der Waals surface area contributed by atoms with Crippen LogP contribution in [0, 0.1) is 0 Å². The van der Waals surface area contributed by atoms with Crippen LogP contribution in [-0.4, -0.2) is 16.0 Å². The van der Waals surface area contributed by atoms with Gasteiger partial charge in [0, 0.05) is 17.1 Å². The summed E-state index contributed by atoms with van der Waals surface area (Å²) in [7, 11) is 0. The molecule has 31 heavy (non-hydrogen) atoms. The molecule has 0 atom stereocenters. The molecule has 7 heteroatoms. The van der Waals surface area contributed by atoms with Crippen LogP contribution in [0.3, 0.4) is 0 Å². The molecule has 0 saturated heterocycles. The molecule has 6 nitrogen and oxygen atoms in total. The van der Waals surface area contributed by atoms with Crippen molar-refractivity contribution in [1.29, 1.82) is 0 Å². The van der Waals surface area contributed by atoms with Crippen LogP contribution >= 0.6 is 12.2 Å². The number of ether oxygens (including phenoxy) is 1. The highest BCUT2D eigenvalue weighted by molar-refractivity contribution is 7.80. The van der Waals surface area contributed by atoms with Crippen molar-refractivity contribution in [2.45, 2.75) is 6.61 Å². The van der Waals surface area contributed by atoms with Crippen LogP contribution in [0.4, 0.5) is 5.69 Å². The summed E-state index contributed by atoms with van der Waals surface area (Å²) in [6, 6.07) is 28.5. The van der Waals surface area contributed by atoms with Crippen molar-refractivity contribution in [3.63, 3.8) is 0 Å². The molecule has 0 spiro atoms. The molecule has 3 N–H and O–H groups in total. The Kier molecular flexibility index (Phi) is 6.35. The van der Waals surface area contributed by atoms with Gasteiger partial charge in [0.15, 0.2) is 5.11 Å². The summed E-state index contributed by atoms with van der Waals surface area (Å²) >= 11 is 5.27. The van der Waals surface area contributed by atoms with E-state index in [0.717, 1.165) is 22.2 Å². The van der Waals surface area contributed by atoms with E-state index in [1.807, 2.05) is 84.9 Å². The highest BCUT2D eigenvalue weighted by Crippen LogP contribution is 2.18. The maximum Gasteiger partial charge on any atom is 0.288 e. The first kappa shape index (κ1) is 20.3. The van der Waals surface area contributed by atoms with Crippen LogP contribution in [0.1, 0.15) is 16.1 Å². The predicted octanol–water partition coefficient (Wildman–Crippen LogP) is 4.45. The van der Waals surface area contributed by atoms with E-state index < -0.39 is 0 Å². The number of hydrogen-bond acceptors (Lipinski definition) is 4. The van der Waals surface area contributed by atoms with Crippen molar-refractivity contribution in [3.8, 4) is 5.75 Å². The quantitative estimate of drug-likeness (QED) is 0.322. The highest BCUT2D eigenvalue weighted by atomic mass is 32.1. The molecule has 0 fully saturated rings. The average Bonchev–Trinajstić information content (AvgIpc) is 2.82. The van der Waals surface area contributed by atoms with Gasteiger partial charge in [-0.1, -0.05) is 60.7 Å². The van der Waals surface area contributed by atoms with Crippen molar-refractivity contribution in [1.82, 2.24) is 15.8 Å². The summed E-state index contributed by atoms with van der Waals surface area (Å²) in [5, 5.41) is 4.24. The zero-order valence-electron chi connectivity index (χ0n) is 16.5. The first-order valence-electron chi connectivity index (χ1n) is 9.67. The fraction of sp³-hybridized carbons (Fsp3) is 0.0417. The van der Waals surface area contributed by atoms with Gasteiger partial charge in [-0.05, 0) is 42.0 Å². The minimum Gasteiger partial charge on any atom is -0.489 e. The number of fused-ring (bicyclic) bond motifs is 1. The number of hydrazine groups is 1. The maximum absolute atomic E-state index is 12.4. The molecule has 4 rings (SSSR count). The third-order valence-corrected chi connectivity index (χ3v) is 4.66. The lowest BCUT2D eigenvalue weighted by atomic mass is 10.2. The monoisotopic (exact) mass is 428 g/mol. The second-order valence-electron chi connectivity index (χ2n) is 6.72. The Morgan fingerprint density at radius 1 is 0.871 bits per heavy atom. The van der Waals surface area contributed by atoms with E-state index >= 15 is 0 Å². The van der Waals surface area contributed by atoms with Crippen LogP contribution in [0.25, 0.3) is 10.9 Å². The van der Waals surface area contributed by atoms with Crippen LogP contribution < -0.4 is 20.9 Å². The Balaban J connectivity index is 1.30.